The summed E-state index contributed by atoms with van der Waals surface area (Å²) >= 11 is 0. The Morgan fingerprint density at radius 1 is 0.816 bits per heavy atom. The second-order valence-corrected chi connectivity index (χ2v) is 15.4. The predicted molar refractivity (Wildman–Crippen MR) is 148 cm³/mol. The fourth-order valence-electron chi connectivity index (χ4n) is 11.8. The third kappa shape index (κ3) is 3.65. The number of hydrogen-bond acceptors (Lipinski definition) is 5. The van der Waals surface area contributed by atoms with Crippen LogP contribution in [0.1, 0.15) is 113 Å². The number of aliphatic hydroxyl groups is 1. The zero-order chi connectivity index (χ0) is 27.9. The topological polar surface area (TPSA) is 72.8 Å². The number of carbonyl (C=O) groups excluding carboxylic acids is 2. The molecule has 5 saturated carbocycles. The van der Waals surface area contributed by atoms with Crippen molar-refractivity contribution in [2.75, 3.05) is 6.79 Å². The Hall–Kier alpha value is -1.36. The second kappa shape index (κ2) is 9.08. The molecule has 5 fully saturated rings. The first-order chi connectivity index (χ1) is 17.6. The Kier molecular flexibility index (Phi) is 6.73. The smallest absolute Gasteiger partial charge is 0.315 e. The van der Waals surface area contributed by atoms with Crippen molar-refractivity contribution >= 4 is 11.9 Å². The molecule has 5 aliphatic rings. The van der Waals surface area contributed by atoms with Crippen LogP contribution in [0, 0.1) is 56.7 Å². The van der Waals surface area contributed by atoms with E-state index in [1.54, 1.807) is 0 Å². The number of aliphatic hydroxyl groups excluding tert-OH is 1. The quantitative estimate of drug-likeness (QED) is 0.240. The summed E-state index contributed by atoms with van der Waals surface area (Å²) in [6, 6.07) is 0. The van der Waals surface area contributed by atoms with Crippen LogP contribution in [0.5, 0.6) is 0 Å². The molecule has 0 spiro atoms. The van der Waals surface area contributed by atoms with Gasteiger partial charge in [0.05, 0.1) is 11.5 Å². The van der Waals surface area contributed by atoms with Crippen molar-refractivity contribution in [2.45, 2.75) is 119 Å². The number of fused-ring (bicyclic) bond motifs is 7. The highest BCUT2D eigenvalue weighted by Gasteiger charge is 2.72. The van der Waals surface area contributed by atoms with Crippen LogP contribution in [-0.2, 0) is 19.1 Å². The van der Waals surface area contributed by atoms with Gasteiger partial charge in [0.2, 0.25) is 6.79 Å². The Labute approximate surface area is 230 Å². The van der Waals surface area contributed by atoms with E-state index in [4.69, 9.17) is 9.47 Å². The van der Waals surface area contributed by atoms with E-state index in [1.807, 2.05) is 0 Å². The van der Waals surface area contributed by atoms with Crippen LogP contribution in [0.4, 0.5) is 0 Å². The molecule has 214 valence electrons. The number of allylic oxidation sites excluding steroid dienone is 1. The molecule has 5 heteroatoms. The zero-order valence-corrected chi connectivity index (χ0v) is 25.0. The fourth-order valence-corrected chi connectivity index (χ4v) is 11.8. The van der Waals surface area contributed by atoms with Crippen LogP contribution >= 0.6 is 0 Å². The predicted octanol–water partition coefficient (Wildman–Crippen LogP) is 7.07. The number of hydrogen-bond donors (Lipinski definition) is 1. The number of carbonyl (C=O) groups is 2. The summed E-state index contributed by atoms with van der Waals surface area (Å²) in [5.41, 5.74) is 1.23. The molecular weight excluding hydrogens is 476 g/mol. The first-order valence-corrected chi connectivity index (χ1v) is 15.3. The summed E-state index contributed by atoms with van der Waals surface area (Å²) in [5.74, 6) is 1.60. The molecule has 0 saturated heterocycles. The van der Waals surface area contributed by atoms with E-state index in [0.717, 1.165) is 44.9 Å². The van der Waals surface area contributed by atoms with Crippen molar-refractivity contribution in [1.82, 2.24) is 0 Å². The van der Waals surface area contributed by atoms with E-state index >= 15 is 0 Å². The molecule has 2 unspecified atom stereocenters. The highest BCUT2D eigenvalue weighted by Crippen LogP contribution is 2.77. The molecule has 0 amide bonds. The minimum Gasteiger partial charge on any atom is -0.428 e. The summed E-state index contributed by atoms with van der Waals surface area (Å²) < 4.78 is 10.7. The molecule has 0 aromatic rings. The maximum atomic E-state index is 13.8. The van der Waals surface area contributed by atoms with Gasteiger partial charge in [-0.2, -0.15) is 0 Å². The molecule has 0 aromatic carbocycles. The number of ether oxygens (including phenoxy) is 2. The molecule has 5 rings (SSSR count). The Morgan fingerprint density at radius 3 is 2.18 bits per heavy atom. The fraction of sp³-hybridized carbons (Fsp3) is 0.879. The minimum atomic E-state index is -0.505. The van der Waals surface area contributed by atoms with Crippen LogP contribution in [0.15, 0.2) is 12.2 Å². The molecule has 1 N–H and O–H groups in total. The van der Waals surface area contributed by atoms with Gasteiger partial charge in [-0.3, -0.25) is 9.59 Å². The van der Waals surface area contributed by atoms with Crippen molar-refractivity contribution < 1.29 is 24.2 Å². The van der Waals surface area contributed by atoms with Crippen LogP contribution < -0.4 is 0 Å². The zero-order valence-electron chi connectivity index (χ0n) is 25.0. The highest BCUT2D eigenvalue weighted by molar-refractivity contribution is 5.78. The number of rotatable bonds is 4. The lowest BCUT2D eigenvalue weighted by molar-refractivity contribution is -0.249. The van der Waals surface area contributed by atoms with Gasteiger partial charge in [-0.25, -0.2) is 0 Å². The molecule has 0 radical (unpaired) electrons. The van der Waals surface area contributed by atoms with E-state index < -0.39 is 11.4 Å². The van der Waals surface area contributed by atoms with Crippen molar-refractivity contribution in [3.8, 4) is 0 Å². The van der Waals surface area contributed by atoms with Gasteiger partial charge in [0, 0.05) is 6.92 Å². The lowest BCUT2D eigenvalue weighted by atomic mass is 9.32. The lowest BCUT2D eigenvalue weighted by Crippen LogP contribution is -2.67. The summed E-state index contributed by atoms with van der Waals surface area (Å²) in [6.07, 6.45) is 10.3. The standard InChI is InChI=1S/C33H52O5/c1-20(2)22-11-16-33(28(36)38-19-37-21(3)34)18-17-31(7)23(27(22)33)9-10-25-30(6)14-13-26(35)29(4,5)24(30)12-15-32(25,31)8/h22-27,35H,1,9-19H2,2-8H3/t22-,23+,24?,25+,26+,27?,30-,31+,32+,33-/m0/s1. The highest BCUT2D eigenvalue weighted by atomic mass is 16.7. The Bertz CT molecular complexity index is 1000. The van der Waals surface area contributed by atoms with Gasteiger partial charge < -0.3 is 14.6 Å². The molecule has 5 nitrogen and oxygen atoms in total. The normalized spacial score (nSPS) is 49.1. The Balaban J connectivity index is 1.50. The van der Waals surface area contributed by atoms with Gasteiger partial charge in [0.1, 0.15) is 0 Å². The minimum absolute atomic E-state index is 0.0456. The molecule has 0 heterocycles. The maximum absolute atomic E-state index is 13.8. The van der Waals surface area contributed by atoms with E-state index in [2.05, 4.69) is 48.1 Å². The molecule has 38 heavy (non-hydrogen) atoms. The molecule has 0 bridgehead atoms. The van der Waals surface area contributed by atoms with Crippen molar-refractivity contribution in [1.29, 1.82) is 0 Å². The number of esters is 2. The van der Waals surface area contributed by atoms with Gasteiger partial charge in [0.15, 0.2) is 0 Å². The van der Waals surface area contributed by atoms with Gasteiger partial charge in [-0.1, -0.05) is 46.8 Å². The van der Waals surface area contributed by atoms with Crippen LogP contribution in [-0.4, -0.2) is 29.9 Å². The van der Waals surface area contributed by atoms with Crippen LogP contribution in [0.3, 0.4) is 0 Å². The third-order valence-electron chi connectivity index (χ3n) is 13.9. The molecule has 5 aliphatic carbocycles. The monoisotopic (exact) mass is 528 g/mol. The molecular formula is C33H52O5. The van der Waals surface area contributed by atoms with Gasteiger partial charge >= 0.3 is 11.9 Å². The molecule has 0 aromatic heterocycles. The first-order valence-electron chi connectivity index (χ1n) is 15.3. The van der Waals surface area contributed by atoms with E-state index in [1.165, 1.54) is 31.8 Å². The van der Waals surface area contributed by atoms with Crippen LogP contribution in [0.2, 0.25) is 0 Å². The summed E-state index contributed by atoms with van der Waals surface area (Å²) in [4.78, 5) is 25.1. The average molecular weight is 529 g/mol. The molecule has 0 aliphatic heterocycles. The van der Waals surface area contributed by atoms with Gasteiger partial charge in [0.25, 0.3) is 0 Å². The van der Waals surface area contributed by atoms with Crippen LogP contribution in [0.25, 0.3) is 0 Å². The SMILES string of the molecule is C=C(C)[C@@H]1CC[C@]2(C(=O)OCOC(C)=O)CC[C@]3(C)[C@H](CC[C@@H]4[C@@]5(C)CC[C@@H](O)C(C)(C)C5CC[C@]43C)C12. The van der Waals surface area contributed by atoms with Crippen molar-refractivity contribution in [3.05, 3.63) is 12.2 Å². The summed E-state index contributed by atoms with van der Waals surface area (Å²) in [7, 11) is 0. The Morgan fingerprint density at radius 2 is 1.53 bits per heavy atom. The average Bonchev–Trinajstić information content (AvgIpc) is 3.23. The van der Waals surface area contributed by atoms with E-state index in [0.29, 0.717) is 23.7 Å². The summed E-state index contributed by atoms with van der Waals surface area (Å²) in [6.45, 7) is 19.9. The second-order valence-electron chi connectivity index (χ2n) is 15.4. The lowest BCUT2D eigenvalue weighted by Gasteiger charge is -2.72. The first kappa shape index (κ1) is 28.2. The molecule has 10 atom stereocenters. The third-order valence-corrected chi connectivity index (χ3v) is 13.9. The van der Waals surface area contributed by atoms with Crippen molar-refractivity contribution in [2.24, 2.45) is 56.7 Å². The summed E-state index contributed by atoms with van der Waals surface area (Å²) in [5, 5.41) is 11.0. The largest absolute Gasteiger partial charge is 0.428 e. The van der Waals surface area contributed by atoms with Gasteiger partial charge in [-0.05, 0) is 122 Å². The van der Waals surface area contributed by atoms with Crippen molar-refractivity contribution in [3.63, 3.8) is 0 Å². The van der Waals surface area contributed by atoms with Gasteiger partial charge in [-0.15, -0.1) is 0 Å². The van der Waals surface area contributed by atoms with E-state index in [9.17, 15) is 14.7 Å². The maximum Gasteiger partial charge on any atom is 0.315 e. The van der Waals surface area contributed by atoms with E-state index in [-0.39, 0.29) is 46.4 Å².